The van der Waals surface area contributed by atoms with Gasteiger partial charge in [0.1, 0.15) is 11.4 Å². The van der Waals surface area contributed by atoms with E-state index in [1.54, 1.807) is 26.2 Å². The summed E-state index contributed by atoms with van der Waals surface area (Å²) >= 11 is 0. The van der Waals surface area contributed by atoms with Crippen LogP contribution in [-0.4, -0.2) is 31.6 Å². The van der Waals surface area contributed by atoms with E-state index in [1.807, 2.05) is 31.3 Å². The van der Waals surface area contributed by atoms with Gasteiger partial charge in [0.25, 0.3) is 0 Å². The van der Waals surface area contributed by atoms with Crippen LogP contribution < -0.4 is 4.74 Å². The molecular weight excluding hydrogens is 364 g/mol. The maximum absolute atomic E-state index is 10.1. The molecule has 1 fully saturated rings. The highest BCUT2D eigenvalue weighted by molar-refractivity contribution is 5.67. The predicted octanol–water partition coefficient (Wildman–Crippen LogP) is 3.96. The third-order valence-electron chi connectivity index (χ3n) is 5.33. The van der Waals surface area contributed by atoms with Crippen molar-refractivity contribution in [1.82, 2.24) is 19.9 Å². The molecule has 6 nitrogen and oxygen atoms in total. The van der Waals surface area contributed by atoms with Crippen LogP contribution in [0.15, 0.2) is 42.9 Å². The summed E-state index contributed by atoms with van der Waals surface area (Å²) in [4.78, 5) is 17.8. The lowest BCUT2D eigenvalue weighted by Crippen LogP contribution is -2.17. The zero-order valence-corrected chi connectivity index (χ0v) is 17.3. The van der Waals surface area contributed by atoms with Crippen LogP contribution in [0.1, 0.15) is 49.0 Å². The highest BCUT2D eigenvalue weighted by Gasteiger charge is 2.41. The maximum Gasteiger partial charge on any atom is 0.224 e. The molecule has 1 saturated carbocycles. The molecule has 0 bridgehead atoms. The average Bonchev–Trinajstić information content (AvgIpc) is 3.46. The summed E-state index contributed by atoms with van der Waals surface area (Å²) in [5.74, 6) is 2.13. The van der Waals surface area contributed by atoms with Crippen LogP contribution in [0.5, 0.6) is 5.88 Å². The van der Waals surface area contributed by atoms with Crippen molar-refractivity contribution in [2.24, 2.45) is 5.92 Å². The Morgan fingerprint density at radius 1 is 1.10 bits per heavy atom. The smallest absolute Gasteiger partial charge is 0.224 e. The van der Waals surface area contributed by atoms with E-state index in [0.29, 0.717) is 35.8 Å². The highest BCUT2D eigenvalue weighted by atomic mass is 16.5. The van der Waals surface area contributed by atoms with Crippen LogP contribution >= 0.6 is 0 Å². The van der Waals surface area contributed by atoms with Crippen molar-refractivity contribution in [3.8, 4) is 17.0 Å². The van der Waals surface area contributed by atoms with E-state index < -0.39 is 5.60 Å². The van der Waals surface area contributed by atoms with Crippen molar-refractivity contribution >= 4 is 0 Å². The largest absolute Gasteiger partial charge is 0.477 e. The highest BCUT2D eigenvalue weighted by Crippen LogP contribution is 2.47. The van der Waals surface area contributed by atoms with Crippen molar-refractivity contribution in [2.75, 3.05) is 6.61 Å². The lowest BCUT2D eigenvalue weighted by molar-refractivity contribution is 0.0739. The van der Waals surface area contributed by atoms with E-state index in [1.165, 1.54) is 11.3 Å². The van der Waals surface area contributed by atoms with Crippen molar-refractivity contribution in [3.05, 3.63) is 65.6 Å². The molecule has 2 unspecified atom stereocenters. The molecule has 0 saturated heterocycles. The molecule has 6 heteroatoms. The van der Waals surface area contributed by atoms with Gasteiger partial charge in [0.05, 0.1) is 17.9 Å². The van der Waals surface area contributed by atoms with Crippen molar-refractivity contribution in [3.63, 3.8) is 0 Å². The molecule has 0 amide bonds. The first-order chi connectivity index (χ1) is 13.8. The van der Waals surface area contributed by atoms with Gasteiger partial charge in [0, 0.05) is 41.7 Å². The minimum Gasteiger partial charge on any atom is -0.477 e. The third kappa shape index (κ3) is 4.27. The Labute approximate surface area is 171 Å². The Morgan fingerprint density at radius 2 is 1.93 bits per heavy atom. The van der Waals surface area contributed by atoms with Crippen LogP contribution in [0, 0.1) is 19.8 Å². The monoisotopic (exact) mass is 390 g/mol. The minimum atomic E-state index is -0.980. The fourth-order valence-electron chi connectivity index (χ4n) is 3.51. The SMILES string of the molecule is Cc1ncc(-c2ccc(C(C)(C)O)nc2)c(OCC2CC2c2ncccc2C)n1. The molecule has 0 aliphatic heterocycles. The number of hydrogen-bond donors (Lipinski definition) is 1. The first-order valence-corrected chi connectivity index (χ1v) is 9.90. The number of aliphatic hydroxyl groups is 1. The number of hydrogen-bond acceptors (Lipinski definition) is 6. The Kier molecular flexibility index (Phi) is 5.04. The van der Waals surface area contributed by atoms with Gasteiger partial charge >= 0.3 is 0 Å². The second-order valence-electron chi connectivity index (χ2n) is 8.25. The van der Waals surface area contributed by atoms with Gasteiger partial charge in [0.2, 0.25) is 5.88 Å². The molecule has 150 valence electrons. The molecule has 29 heavy (non-hydrogen) atoms. The number of ether oxygens (including phenoxy) is 1. The molecule has 0 aromatic carbocycles. The van der Waals surface area contributed by atoms with Gasteiger partial charge in [-0.3, -0.25) is 9.97 Å². The van der Waals surface area contributed by atoms with Crippen LogP contribution in [0.4, 0.5) is 0 Å². The molecule has 1 N–H and O–H groups in total. The van der Waals surface area contributed by atoms with Gasteiger partial charge in [-0.15, -0.1) is 0 Å². The van der Waals surface area contributed by atoms with Crippen LogP contribution in [-0.2, 0) is 5.60 Å². The second-order valence-corrected chi connectivity index (χ2v) is 8.25. The molecule has 1 aliphatic rings. The van der Waals surface area contributed by atoms with E-state index in [0.717, 1.165) is 17.5 Å². The number of aromatic nitrogens is 4. The van der Waals surface area contributed by atoms with Crippen molar-refractivity contribution in [1.29, 1.82) is 0 Å². The summed E-state index contributed by atoms with van der Waals surface area (Å²) in [6.45, 7) is 7.99. The molecule has 0 radical (unpaired) electrons. The first-order valence-electron chi connectivity index (χ1n) is 9.90. The number of aryl methyl sites for hydroxylation is 2. The lowest BCUT2D eigenvalue weighted by Gasteiger charge is -2.17. The molecule has 4 rings (SSSR count). The minimum absolute atomic E-state index is 0.447. The Balaban J connectivity index is 1.50. The van der Waals surface area contributed by atoms with E-state index in [-0.39, 0.29) is 0 Å². The quantitative estimate of drug-likeness (QED) is 0.686. The van der Waals surface area contributed by atoms with Crippen LogP contribution in [0.2, 0.25) is 0 Å². The molecule has 1 aliphatic carbocycles. The molecule has 2 atom stereocenters. The standard InChI is InChI=1S/C23H26N4O2/c1-14-6-5-9-24-21(14)18-10-17(18)13-29-22-19(12-25-15(2)27-22)16-7-8-20(26-11-16)23(3,4)28/h5-9,11-12,17-18,28H,10,13H2,1-4H3. The van der Waals surface area contributed by atoms with Gasteiger partial charge in [-0.2, -0.15) is 4.98 Å². The van der Waals surface area contributed by atoms with Crippen LogP contribution in [0.3, 0.4) is 0 Å². The summed E-state index contributed by atoms with van der Waals surface area (Å²) in [5, 5.41) is 10.1. The number of pyridine rings is 2. The average molecular weight is 390 g/mol. The summed E-state index contributed by atoms with van der Waals surface area (Å²) in [5.41, 5.74) is 3.70. The first kappa shape index (κ1) is 19.5. The molecule has 3 heterocycles. The van der Waals surface area contributed by atoms with Gasteiger partial charge in [-0.1, -0.05) is 12.1 Å². The lowest BCUT2D eigenvalue weighted by atomic mass is 10.0. The zero-order chi connectivity index (χ0) is 20.6. The van der Waals surface area contributed by atoms with Gasteiger partial charge in [-0.25, -0.2) is 4.98 Å². The van der Waals surface area contributed by atoms with Gasteiger partial charge < -0.3 is 9.84 Å². The van der Waals surface area contributed by atoms with E-state index in [9.17, 15) is 5.11 Å². The van der Waals surface area contributed by atoms with Gasteiger partial charge in [-0.05, 0) is 51.8 Å². The van der Waals surface area contributed by atoms with Gasteiger partial charge in [0.15, 0.2) is 0 Å². The molecule has 3 aromatic heterocycles. The normalized spacial score (nSPS) is 18.5. The fraction of sp³-hybridized carbons (Fsp3) is 0.391. The van der Waals surface area contributed by atoms with Crippen molar-refractivity contribution in [2.45, 2.75) is 45.6 Å². The van der Waals surface area contributed by atoms with E-state index in [4.69, 9.17) is 4.74 Å². The fourth-order valence-corrected chi connectivity index (χ4v) is 3.51. The second kappa shape index (κ2) is 7.52. The number of nitrogens with zero attached hydrogens (tertiary/aromatic N) is 4. The topological polar surface area (TPSA) is 81.0 Å². The third-order valence-corrected chi connectivity index (χ3v) is 5.33. The zero-order valence-electron chi connectivity index (χ0n) is 17.3. The molecule has 3 aromatic rings. The van der Waals surface area contributed by atoms with Crippen molar-refractivity contribution < 1.29 is 9.84 Å². The summed E-state index contributed by atoms with van der Waals surface area (Å²) in [7, 11) is 0. The Bertz CT molecular complexity index is 1010. The Morgan fingerprint density at radius 3 is 2.62 bits per heavy atom. The maximum atomic E-state index is 10.1. The molecule has 0 spiro atoms. The molecular formula is C23H26N4O2. The summed E-state index contributed by atoms with van der Waals surface area (Å²) < 4.78 is 6.13. The summed E-state index contributed by atoms with van der Waals surface area (Å²) in [6, 6.07) is 7.81. The van der Waals surface area contributed by atoms with Crippen LogP contribution in [0.25, 0.3) is 11.1 Å². The predicted molar refractivity (Wildman–Crippen MR) is 111 cm³/mol. The number of rotatable bonds is 6. The van der Waals surface area contributed by atoms with E-state index >= 15 is 0 Å². The summed E-state index contributed by atoms with van der Waals surface area (Å²) in [6.07, 6.45) is 6.44. The Hall–Kier alpha value is -2.86. The van der Waals surface area contributed by atoms with E-state index in [2.05, 4.69) is 32.9 Å².